The molecule has 0 aromatic heterocycles. The number of hydrazone groups is 1. The van der Waals surface area contributed by atoms with Crippen LogP contribution in [-0.4, -0.2) is 43.6 Å². The Hall–Kier alpha value is -3.21. The first-order valence-electron chi connectivity index (χ1n) is 13.1. The number of piperazine rings is 1. The fraction of sp³-hybridized carbons (Fsp3) is 0.433. The van der Waals surface area contributed by atoms with Gasteiger partial charge in [-0.25, -0.2) is 5.01 Å². The van der Waals surface area contributed by atoms with Gasteiger partial charge in [0.15, 0.2) is 0 Å². The molecule has 1 atom stereocenters. The highest BCUT2D eigenvalue weighted by atomic mass is 15.6. The van der Waals surface area contributed by atoms with E-state index in [4.69, 9.17) is 0 Å². The van der Waals surface area contributed by atoms with E-state index in [1.54, 1.807) is 6.08 Å². The van der Waals surface area contributed by atoms with Gasteiger partial charge in [-0.2, -0.15) is 5.10 Å². The summed E-state index contributed by atoms with van der Waals surface area (Å²) in [6.07, 6.45) is 8.37. The minimum atomic E-state index is 0.354. The van der Waals surface area contributed by atoms with Crippen molar-refractivity contribution in [2.24, 2.45) is 5.10 Å². The van der Waals surface area contributed by atoms with Gasteiger partial charge in [-0.1, -0.05) is 45.1 Å². The first-order valence-corrected chi connectivity index (χ1v) is 13.1. The summed E-state index contributed by atoms with van der Waals surface area (Å²) in [5.41, 5.74) is 5.18. The molecular weight excluding hydrogens is 430 g/mol. The van der Waals surface area contributed by atoms with Crippen LogP contribution in [0.25, 0.3) is 0 Å². The summed E-state index contributed by atoms with van der Waals surface area (Å²) in [5.74, 6) is 0.918. The van der Waals surface area contributed by atoms with Crippen molar-refractivity contribution in [1.29, 1.82) is 0 Å². The van der Waals surface area contributed by atoms with Crippen molar-refractivity contribution in [2.75, 3.05) is 40.9 Å². The highest BCUT2D eigenvalue weighted by Crippen LogP contribution is 2.29. The second-order valence-electron chi connectivity index (χ2n) is 9.29. The van der Waals surface area contributed by atoms with E-state index in [0.29, 0.717) is 6.04 Å². The van der Waals surface area contributed by atoms with Gasteiger partial charge >= 0.3 is 0 Å². The molecule has 2 aromatic carbocycles. The van der Waals surface area contributed by atoms with Crippen LogP contribution >= 0.6 is 0 Å². The number of hydrogen-bond donors (Lipinski definition) is 0. The molecule has 188 valence electrons. The Labute approximate surface area is 213 Å². The zero-order valence-corrected chi connectivity index (χ0v) is 22.2. The lowest BCUT2D eigenvalue weighted by atomic mass is 10.1. The normalized spacial score (nSPS) is 16.3. The monoisotopic (exact) mass is 473 g/mol. The maximum atomic E-state index is 4.53. The largest absolute Gasteiger partial charge is 0.368 e. The molecule has 0 saturated carbocycles. The predicted molar refractivity (Wildman–Crippen MR) is 153 cm³/mol. The minimum absolute atomic E-state index is 0.354. The summed E-state index contributed by atoms with van der Waals surface area (Å²) in [6.45, 7) is 20.3. The molecule has 5 heteroatoms. The third-order valence-electron chi connectivity index (χ3n) is 6.74. The summed E-state index contributed by atoms with van der Waals surface area (Å²) < 4.78 is 0. The van der Waals surface area contributed by atoms with Crippen LogP contribution in [0.5, 0.6) is 0 Å². The van der Waals surface area contributed by atoms with Gasteiger partial charge in [-0.05, 0) is 75.1 Å². The molecule has 1 saturated heterocycles. The van der Waals surface area contributed by atoms with Gasteiger partial charge in [0, 0.05) is 43.2 Å². The SMILES string of the molecule is C=C1N(c2ccc(N3CCN(c4ccc(CCCC)cc4)CC3)cc2)C=NN1C(C)CC.C=CC. The maximum absolute atomic E-state index is 4.53. The predicted octanol–water partition coefficient (Wildman–Crippen LogP) is 6.88. The van der Waals surface area contributed by atoms with Crippen LogP contribution in [0.15, 0.2) is 78.7 Å². The summed E-state index contributed by atoms with van der Waals surface area (Å²) in [5, 5.41) is 6.54. The molecule has 4 rings (SSSR count). The highest BCUT2D eigenvalue weighted by Gasteiger charge is 2.24. The number of allylic oxidation sites excluding steroid dienone is 1. The fourth-order valence-electron chi connectivity index (χ4n) is 4.41. The average molecular weight is 474 g/mol. The quantitative estimate of drug-likeness (QED) is 0.390. The molecule has 2 heterocycles. The van der Waals surface area contributed by atoms with Gasteiger partial charge in [-0.15, -0.1) is 6.58 Å². The smallest absolute Gasteiger partial charge is 0.128 e. The maximum Gasteiger partial charge on any atom is 0.128 e. The Bertz CT molecular complexity index is 955. The van der Waals surface area contributed by atoms with Crippen molar-refractivity contribution in [3.8, 4) is 0 Å². The number of rotatable bonds is 8. The Morgan fingerprint density at radius 1 is 0.886 bits per heavy atom. The molecule has 1 fully saturated rings. The van der Waals surface area contributed by atoms with E-state index in [2.05, 4.69) is 102 Å². The number of benzene rings is 2. The molecule has 0 N–H and O–H groups in total. The highest BCUT2D eigenvalue weighted by molar-refractivity contribution is 5.85. The number of hydrogen-bond acceptors (Lipinski definition) is 5. The van der Waals surface area contributed by atoms with Crippen LogP contribution in [0.4, 0.5) is 17.1 Å². The molecule has 0 amide bonds. The third kappa shape index (κ3) is 6.68. The van der Waals surface area contributed by atoms with Crippen molar-refractivity contribution in [3.05, 3.63) is 79.1 Å². The summed E-state index contributed by atoms with van der Waals surface area (Å²) in [4.78, 5) is 7.05. The molecule has 5 nitrogen and oxygen atoms in total. The molecule has 35 heavy (non-hydrogen) atoms. The van der Waals surface area contributed by atoms with Crippen molar-refractivity contribution in [1.82, 2.24) is 5.01 Å². The van der Waals surface area contributed by atoms with Gasteiger partial charge in [0.25, 0.3) is 0 Å². The van der Waals surface area contributed by atoms with Gasteiger partial charge in [0.1, 0.15) is 12.2 Å². The second kappa shape index (κ2) is 13.0. The fourth-order valence-corrected chi connectivity index (χ4v) is 4.41. The van der Waals surface area contributed by atoms with E-state index in [0.717, 1.165) is 44.1 Å². The zero-order chi connectivity index (χ0) is 25.2. The van der Waals surface area contributed by atoms with Crippen LogP contribution in [0, 0.1) is 0 Å². The van der Waals surface area contributed by atoms with Gasteiger partial charge in [0.2, 0.25) is 0 Å². The van der Waals surface area contributed by atoms with E-state index >= 15 is 0 Å². The minimum Gasteiger partial charge on any atom is -0.368 e. The van der Waals surface area contributed by atoms with Gasteiger partial charge in [0.05, 0.1) is 6.04 Å². The van der Waals surface area contributed by atoms with Crippen LogP contribution < -0.4 is 14.7 Å². The number of anilines is 3. The molecule has 0 bridgehead atoms. The molecule has 0 radical (unpaired) electrons. The van der Waals surface area contributed by atoms with Gasteiger partial charge in [-0.3, -0.25) is 4.90 Å². The van der Waals surface area contributed by atoms with Crippen LogP contribution in [-0.2, 0) is 6.42 Å². The van der Waals surface area contributed by atoms with E-state index in [1.807, 2.05) is 18.3 Å². The van der Waals surface area contributed by atoms with Crippen molar-refractivity contribution in [2.45, 2.75) is 59.4 Å². The Morgan fingerprint density at radius 2 is 1.37 bits per heavy atom. The molecule has 0 spiro atoms. The molecule has 2 aliphatic heterocycles. The molecular formula is C30H43N5. The van der Waals surface area contributed by atoms with Crippen LogP contribution in [0.1, 0.15) is 52.5 Å². The first-order chi connectivity index (χ1) is 17.0. The lowest BCUT2D eigenvalue weighted by Crippen LogP contribution is -2.46. The summed E-state index contributed by atoms with van der Waals surface area (Å²) >= 11 is 0. The van der Waals surface area contributed by atoms with E-state index in [-0.39, 0.29) is 0 Å². The summed E-state index contributed by atoms with van der Waals surface area (Å²) in [6, 6.07) is 18.3. The third-order valence-corrected chi connectivity index (χ3v) is 6.74. The van der Waals surface area contributed by atoms with Gasteiger partial charge < -0.3 is 9.80 Å². The molecule has 1 unspecified atom stereocenters. The number of nitrogens with zero attached hydrogens (tertiary/aromatic N) is 5. The molecule has 0 aliphatic carbocycles. The van der Waals surface area contributed by atoms with E-state index < -0.39 is 0 Å². The zero-order valence-electron chi connectivity index (χ0n) is 22.2. The van der Waals surface area contributed by atoms with Crippen molar-refractivity contribution >= 4 is 23.4 Å². The lowest BCUT2D eigenvalue weighted by molar-refractivity contribution is 0.286. The first kappa shape index (κ1) is 26.4. The van der Waals surface area contributed by atoms with Crippen molar-refractivity contribution < 1.29 is 0 Å². The van der Waals surface area contributed by atoms with Crippen molar-refractivity contribution in [3.63, 3.8) is 0 Å². The Morgan fingerprint density at radius 3 is 1.86 bits per heavy atom. The molecule has 2 aliphatic rings. The Balaban J connectivity index is 0.00000108. The molecule has 2 aromatic rings. The van der Waals surface area contributed by atoms with E-state index in [1.165, 1.54) is 36.2 Å². The Kier molecular flexibility index (Phi) is 9.83. The van der Waals surface area contributed by atoms with Crippen LogP contribution in [0.3, 0.4) is 0 Å². The second-order valence-corrected chi connectivity index (χ2v) is 9.29. The number of aryl methyl sites for hydroxylation is 1. The van der Waals surface area contributed by atoms with Crippen LogP contribution in [0.2, 0.25) is 0 Å². The number of unbranched alkanes of at least 4 members (excludes halogenated alkanes) is 1. The lowest BCUT2D eigenvalue weighted by Gasteiger charge is -2.37. The van der Waals surface area contributed by atoms with E-state index in [9.17, 15) is 0 Å². The standard InChI is InChI=1S/C27H37N5.C3H6/c1-5-7-8-24-9-11-25(12-10-24)29-17-19-30(20-18-29)26-13-15-27(16-14-26)31-21-28-32(23(31)4)22(3)6-2;1-3-2/h9-16,21-22H,4-8,17-20H2,1-3H3;3H,1H2,2H3. The average Bonchev–Trinajstić information content (AvgIpc) is 3.29. The summed E-state index contributed by atoms with van der Waals surface area (Å²) in [7, 11) is 0. The topological polar surface area (TPSA) is 25.3 Å².